The van der Waals surface area contributed by atoms with Crippen molar-refractivity contribution in [2.24, 2.45) is 0 Å². The van der Waals surface area contributed by atoms with Crippen molar-refractivity contribution in [3.05, 3.63) is 0 Å². The first-order chi connectivity index (χ1) is 7.13. The number of carboxylic acids is 1. The Hall–Kier alpha value is -1.27. The lowest BCUT2D eigenvalue weighted by Gasteiger charge is -2.25. The van der Waals surface area contributed by atoms with Crippen molar-refractivity contribution in [1.82, 2.24) is 4.90 Å². The number of carboxylic acid groups (broad SMARTS) is 1. The largest absolute Gasteiger partial charge is 0.480 e. The second kappa shape index (κ2) is 5.72. The van der Waals surface area contributed by atoms with Crippen LogP contribution in [0.25, 0.3) is 0 Å². The molecule has 1 amide bonds. The van der Waals surface area contributed by atoms with Crippen LogP contribution in [0.4, 0.5) is 13.2 Å². The molecule has 0 aliphatic heterocycles. The molecule has 0 rings (SSSR count). The van der Waals surface area contributed by atoms with Gasteiger partial charge in [0.2, 0.25) is 5.91 Å². The summed E-state index contributed by atoms with van der Waals surface area (Å²) in [6.07, 6.45) is -6.34. The van der Waals surface area contributed by atoms with E-state index in [-0.39, 0.29) is 0 Å². The Morgan fingerprint density at radius 2 is 1.81 bits per heavy atom. The summed E-state index contributed by atoms with van der Waals surface area (Å²) in [5.74, 6) is -2.04. The number of carbonyl (C=O) groups is 2. The summed E-state index contributed by atoms with van der Waals surface area (Å²) < 4.78 is 35.6. The van der Waals surface area contributed by atoms with Crippen molar-refractivity contribution < 1.29 is 27.9 Å². The van der Waals surface area contributed by atoms with E-state index in [1.807, 2.05) is 0 Å². The average Bonchev–Trinajstić information content (AvgIpc) is 2.08. The van der Waals surface area contributed by atoms with Crippen LogP contribution in [0.1, 0.15) is 26.7 Å². The van der Waals surface area contributed by atoms with Crippen LogP contribution >= 0.6 is 0 Å². The van der Waals surface area contributed by atoms with Crippen molar-refractivity contribution in [3.8, 4) is 0 Å². The maximum atomic E-state index is 11.9. The number of amides is 1. The minimum absolute atomic E-state index is 0.433. The van der Waals surface area contributed by atoms with Crippen molar-refractivity contribution in [3.63, 3.8) is 0 Å². The van der Waals surface area contributed by atoms with Crippen LogP contribution in [0.3, 0.4) is 0 Å². The van der Waals surface area contributed by atoms with Crippen LogP contribution in [-0.4, -0.2) is 40.6 Å². The maximum absolute atomic E-state index is 11.9. The molecule has 0 atom stereocenters. The van der Waals surface area contributed by atoms with E-state index >= 15 is 0 Å². The summed E-state index contributed by atoms with van der Waals surface area (Å²) in [5.41, 5.74) is 0. The maximum Gasteiger partial charge on any atom is 0.389 e. The zero-order valence-electron chi connectivity index (χ0n) is 9.04. The standard InChI is InChI=1S/C9H14F3NO3/c1-6(2)13(5-8(15)16)7(14)3-4-9(10,11)12/h6H,3-5H2,1-2H3,(H,15,16). The van der Waals surface area contributed by atoms with Gasteiger partial charge >= 0.3 is 12.1 Å². The highest BCUT2D eigenvalue weighted by atomic mass is 19.4. The Bertz CT molecular complexity index is 263. The zero-order valence-corrected chi connectivity index (χ0v) is 9.04. The third-order valence-electron chi connectivity index (χ3n) is 1.87. The van der Waals surface area contributed by atoms with E-state index in [9.17, 15) is 22.8 Å². The van der Waals surface area contributed by atoms with E-state index in [0.717, 1.165) is 4.90 Å². The number of alkyl halides is 3. The molecular formula is C9H14F3NO3. The molecule has 0 radical (unpaired) electrons. The van der Waals surface area contributed by atoms with E-state index in [0.29, 0.717) is 0 Å². The molecule has 0 fully saturated rings. The van der Waals surface area contributed by atoms with Gasteiger partial charge < -0.3 is 10.0 Å². The van der Waals surface area contributed by atoms with Crippen LogP contribution in [0, 0.1) is 0 Å². The third kappa shape index (κ3) is 6.26. The number of carbonyl (C=O) groups excluding carboxylic acids is 1. The van der Waals surface area contributed by atoms with Gasteiger partial charge in [-0.2, -0.15) is 13.2 Å². The molecule has 0 aromatic rings. The van der Waals surface area contributed by atoms with Crippen molar-refractivity contribution >= 4 is 11.9 Å². The van der Waals surface area contributed by atoms with Gasteiger partial charge in [0.05, 0.1) is 6.42 Å². The Labute approximate surface area is 91.0 Å². The minimum Gasteiger partial charge on any atom is -0.480 e. The van der Waals surface area contributed by atoms with Gasteiger partial charge in [0, 0.05) is 12.5 Å². The fourth-order valence-electron chi connectivity index (χ4n) is 1.10. The van der Waals surface area contributed by atoms with Gasteiger partial charge in [0.1, 0.15) is 6.54 Å². The summed E-state index contributed by atoms with van der Waals surface area (Å²) in [4.78, 5) is 22.6. The first-order valence-corrected chi connectivity index (χ1v) is 4.71. The summed E-state index contributed by atoms with van der Waals surface area (Å²) >= 11 is 0. The number of halogens is 3. The molecule has 0 unspecified atom stereocenters. The van der Waals surface area contributed by atoms with Crippen LogP contribution in [-0.2, 0) is 9.59 Å². The van der Waals surface area contributed by atoms with E-state index in [1.165, 1.54) is 0 Å². The second-order valence-corrected chi connectivity index (χ2v) is 3.62. The summed E-state index contributed by atoms with van der Waals surface area (Å²) in [6, 6.07) is -0.433. The molecule has 0 spiro atoms. The summed E-state index contributed by atoms with van der Waals surface area (Å²) in [5, 5.41) is 8.49. The van der Waals surface area contributed by atoms with Gasteiger partial charge in [-0.25, -0.2) is 0 Å². The molecule has 0 saturated carbocycles. The van der Waals surface area contributed by atoms with Crippen LogP contribution in [0.2, 0.25) is 0 Å². The molecule has 0 heterocycles. The van der Waals surface area contributed by atoms with E-state index in [4.69, 9.17) is 5.11 Å². The molecule has 0 bridgehead atoms. The first kappa shape index (κ1) is 14.7. The predicted octanol–water partition coefficient (Wildman–Crippen LogP) is 1.65. The molecule has 0 aliphatic carbocycles. The van der Waals surface area contributed by atoms with Gasteiger partial charge in [-0.3, -0.25) is 9.59 Å². The number of hydrogen-bond donors (Lipinski definition) is 1. The molecule has 0 aromatic carbocycles. The lowest BCUT2D eigenvalue weighted by atomic mass is 10.2. The normalized spacial score (nSPS) is 11.6. The quantitative estimate of drug-likeness (QED) is 0.796. The van der Waals surface area contributed by atoms with Gasteiger partial charge in [-0.05, 0) is 13.8 Å². The molecule has 1 N–H and O–H groups in total. The zero-order chi connectivity index (χ0) is 12.9. The monoisotopic (exact) mass is 241 g/mol. The van der Waals surface area contributed by atoms with Crippen LogP contribution in [0.5, 0.6) is 0 Å². The second-order valence-electron chi connectivity index (χ2n) is 3.62. The number of hydrogen-bond acceptors (Lipinski definition) is 2. The fraction of sp³-hybridized carbons (Fsp3) is 0.778. The SMILES string of the molecule is CC(C)N(CC(=O)O)C(=O)CCC(F)(F)F. The fourth-order valence-corrected chi connectivity index (χ4v) is 1.10. The highest BCUT2D eigenvalue weighted by Crippen LogP contribution is 2.22. The molecule has 94 valence electrons. The molecule has 0 aliphatic rings. The predicted molar refractivity (Wildman–Crippen MR) is 49.8 cm³/mol. The smallest absolute Gasteiger partial charge is 0.389 e. The lowest BCUT2D eigenvalue weighted by molar-refractivity contribution is -0.153. The average molecular weight is 241 g/mol. The van der Waals surface area contributed by atoms with Gasteiger partial charge in [-0.1, -0.05) is 0 Å². The van der Waals surface area contributed by atoms with Crippen molar-refractivity contribution in [2.75, 3.05) is 6.54 Å². The molecule has 0 aromatic heterocycles. The third-order valence-corrected chi connectivity index (χ3v) is 1.87. The van der Waals surface area contributed by atoms with Gasteiger partial charge in [-0.15, -0.1) is 0 Å². The highest BCUT2D eigenvalue weighted by Gasteiger charge is 2.30. The summed E-state index contributed by atoms with van der Waals surface area (Å²) in [7, 11) is 0. The summed E-state index contributed by atoms with van der Waals surface area (Å²) in [6.45, 7) is 2.53. The van der Waals surface area contributed by atoms with Crippen LogP contribution in [0.15, 0.2) is 0 Å². The minimum atomic E-state index is -4.40. The number of aliphatic carboxylic acids is 1. The molecular weight excluding hydrogens is 227 g/mol. The number of nitrogens with zero attached hydrogens (tertiary/aromatic N) is 1. The lowest BCUT2D eigenvalue weighted by Crippen LogP contribution is -2.40. The van der Waals surface area contributed by atoms with Crippen LogP contribution < -0.4 is 0 Å². The van der Waals surface area contributed by atoms with Crippen molar-refractivity contribution in [2.45, 2.75) is 38.9 Å². The molecule has 16 heavy (non-hydrogen) atoms. The van der Waals surface area contributed by atoms with Gasteiger partial charge in [0.25, 0.3) is 0 Å². The Kier molecular flexibility index (Phi) is 5.26. The van der Waals surface area contributed by atoms with Gasteiger partial charge in [0.15, 0.2) is 0 Å². The topological polar surface area (TPSA) is 57.6 Å². The highest BCUT2D eigenvalue weighted by molar-refractivity contribution is 5.81. The Morgan fingerprint density at radius 3 is 2.12 bits per heavy atom. The molecule has 0 saturated heterocycles. The number of rotatable bonds is 5. The Balaban J connectivity index is 4.34. The van der Waals surface area contributed by atoms with E-state index in [2.05, 4.69) is 0 Å². The van der Waals surface area contributed by atoms with E-state index in [1.54, 1.807) is 13.8 Å². The molecule has 7 heteroatoms. The Morgan fingerprint density at radius 1 is 1.31 bits per heavy atom. The van der Waals surface area contributed by atoms with E-state index < -0.39 is 43.5 Å². The molecule has 4 nitrogen and oxygen atoms in total. The van der Waals surface area contributed by atoms with Crippen molar-refractivity contribution in [1.29, 1.82) is 0 Å². The first-order valence-electron chi connectivity index (χ1n) is 4.71.